The summed E-state index contributed by atoms with van der Waals surface area (Å²) in [6, 6.07) is 0. The number of rotatable bonds is 0. The van der Waals surface area contributed by atoms with Gasteiger partial charge in [0.15, 0.2) is 0 Å². The molecular formula is C8H21NSi2. The Balaban J connectivity index is 2.92. The highest BCUT2D eigenvalue weighted by atomic mass is 28.2. The topological polar surface area (TPSA) is 3.24 Å². The summed E-state index contributed by atoms with van der Waals surface area (Å²) in [6.45, 7) is 7.28. The van der Waals surface area contributed by atoms with E-state index in [1.165, 1.54) is 26.9 Å². The Bertz CT molecular complexity index is 165. The Hall–Kier alpha value is 0.394. The molecule has 0 aromatic rings. The lowest BCUT2D eigenvalue weighted by Gasteiger charge is -2.40. The van der Waals surface area contributed by atoms with E-state index in [4.69, 9.17) is 0 Å². The van der Waals surface area contributed by atoms with Gasteiger partial charge in [-0.2, -0.15) is 0 Å². The van der Waals surface area contributed by atoms with Crippen LogP contribution in [0, 0.1) is 5.41 Å². The predicted molar refractivity (Wildman–Crippen MR) is 58.2 cm³/mol. The fourth-order valence-electron chi connectivity index (χ4n) is 2.15. The molecule has 1 fully saturated rings. The van der Waals surface area contributed by atoms with Crippen LogP contribution in [0.4, 0.5) is 0 Å². The van der Waals surface area contributed by atoms with E-state index in [1.54, 1.807) is 0 Å². The molecule has 11 heavy (non-hydrogen) atoms. The minimum atomic E-state index is 0.527. The van der Waals surface area contributed by atoms with Gasteiger partial charge in [-0.05, 0) is 31.5 Å². The van der Waals surface area contributed by atoms with Crippen LogP contribution in [0.2, 0.25) is 0 Å². The highest BCUT2D eigenvalue weighted by molar-refractivity contribution is 6.18. The molecule has 1 heterocycles. The van der Waals surface area contributed by atoms with Crippen LogP contribution in [-0.4, -0.2) is 43.3 Å². The average molecular weight is 187 g/mol. The molecule has 2 atom stereocenters. The number of hydrogen-bond donors (Lipinski definition) is 0. The molecule has 0 radical (unpaired) electrons. The predicted octanol–water partition coefficient (Wildman–Crippen LogP) is -0.879. The Morgan fingerprint density at radius 1 is 1.36 bits per heavy atom. The first kappa shape index (κ1) is 9.48. The third kappa shape index (κ3) is 1.23. The van der Waals surface area contributed by atoms with E-state index in [0.29, 0.717) is 10.6 Å². The molecule has 1 aliphatic heterocycles. The molecule has 2 unspecified atom stereocenters. The second-order valence-electron chi connectivity index (χ2n) is 5.11. The highest BCUT2D eigenvalue weighted by Gasteiger charge is 2.48. The third-order valence-electron chi connectivity index (χ3n) is 4.00. The molecule has 0 aromatic heterocycles. The van der Waals surface area contributed by atoms with Gasteiger partial charge >= 0.3 is 0 Å². The fraction of sp³-hybridized carbons (Fsp3) is 1.00. The van der Waals surface area contributed by atoms with Gasteiger partial charge in [0.05, 0.1) is 0 Å². The van der Waals surface area contributed by atoms with Crippen LogP contribution in [-0.2, 0) is 0 Å². The first-order chi connectivity index (χ1) is 4.79. The van der Waals surface area contributed by atoms with E-state index in [2.05, 4.69) is 32.7 Å². The van der Waals surface area contributed by atoms with Crippen LogP contribution in [0.3, 0.4) is 0 Å². The first-order valence-corrected chi connectivity index (χ1v) is 6.67. The van der Waals surface area contributed by atoms with Crippen molar-refractivity contribution in [3.63, 3.8) is 0 Å². The molecule has 0 aliphatic carbocycles. The minimum absolute atomic E-state index is 0.527. The molecule has 0 saturated carbocycles. The molecular weight excluding hydrogens is 166 g/mol. The molecule has 0 bridgehead atoms. The van der Waals surface area contributed by atoms with Crippen molar-refractivity contribution in [2.75, 3.05) is 7.05 Å². The molecule has 1 aliphatic rings. The van der Waals surface area contributed by atoms with Gasteiger partial charge in [0, 0.05) is 25.6 Å². The summed E-state index contributed by atoms with van der Waals surface area (Å²) < 4.78 is 0. The average Bonchev–Trinajstić information content (AvgIpc) is 1.93. The molecule has 0 N–H and O–H groups in total. The van der Waals surface area contributed by atoms with E-state index >= 15 is 0 Å². The number of likely N-dealkylation sites (tertiary alicyclic amines) is 1. The van der Waals surface area contributed by atoms with Crippen LogP contribution in [0.5, 0.6) is 0 Å². The minimum Gasteiger partial charge on any atom is -0.305 e. The van der Waals surface area contributed by atoms with Crippen molar-refractivity contribution in [3.05, 3.63) is 0 Å². The van der Waals surface area contributed by atoms with E-state index in [-0.39, 0.29) is 0 Å². The molecule has 1 saturated heterocycles. The smallest absolute Gasteiger partial charge is 0.0287 e. The lowest BCUT2D eigenvalue weighted by Crippen LogP contribution is -2.49. The lowest BCUT2D eigenvalue weighted by atomic mass is 9.85. The van der Waals surface area contributed by atoms with Crippen LogP contribution >= 0.6 is 0 Å². The fourth-order valence-corrected chi connectivity index (χ4v) is 4.98. The number of hydrogen-bond acceptors (Lipinski definition) is 1. The summed E-state index contributed by atoms with van der Waals surface area (Å²) in [5, 5.41) is 0.527. The van der Waals surface area contributed by atoms with Crippen molar-refractivity contribution in [1.29, 1.82) is 0 Å². The summed E-state index contributed by atoms with van der Waals surface area (Å²) in [5.41, 5.74) is 1.47. The zero-order chi connectivity index (χ0) is 8.86. The monoisotopic (exact) mass is 187 g/mol. The molecule has 66 valence electrons. The maximum absolute atomic E-state index is 2.62. The lowest BCUT2D eigenvalue weighted by molar-refractivity contribution is 0.180. The van der Waals surface area contributed by atoms with E-state index < -0.39 is 0 Å². The van der Waals surface area contributed by atoms with Crippen molar-refractivity contribution >= 4 is 20.5 Å². The Labute approximate surface area is 76.4 Å². The second kappa shape index (κ2) is 2.44. The largest absolute Gasteiger partial charge is 0.305 e. The Kier molecular flexibility index (Phi) is 2.10. The zero-order valence-electron chi connectivity index (χ0n) is 8.73. The zero-order valence-corrected chi connectivity index (χ0v) is 12.7. The van der Waals surface area contributed by atoms with Crippen molar-refractivity contribution in [1.82, 2.24) is 4.90 Å². The molecule has 3 heteroatoms. The molecule has 0 amide bonds. The summed E-state index contributed by atoms with van der Waals surface area (Å²) in [7, 11) is 4.92. The van der Waals surface area contributed by atoms with E-state index in [0.717, 1.165) is 5.67 Å². The van der Waals surface area contributed by atoms with Crippen molar-refractivity contribution in [3.8, 4) is 0 Å². The molecule has 1 nitrogen and oxygen atoms in total. The van der Waals surface area contributed by atoms with Crippen LogP contribution < -0.4 is 0 Å². The van der Waals surface area contributed by atoms with Gasteiger partial charge in [0.2, 0.25) is 0 Å². The van der Waals surface area contributed by atoms with Gasteiger partial charge in [0.1, 0.15) is 0 Å². The SMILES string of the molecule is CN1C([SiH3])CC(C)(C)C1(C)[SiH3]. The van der Waals surface area contributed by atoms with Gasteiger partial charge in [-0.3, -0.25) is 0 Å². The normalized spacial score (nSPS) is 45.3. The van der Waals surface area contributed by atoms with Crippen molar-refractivity contribution < 1.29 is 0 Å². The van der Waals surface area contributed by atoms with Gasteiger partial charge in [-0.1, -0.05) is 13.8 Å². The van der Waals surface area contributed by atoms with Crippen molar-refractivity contribution in [2.45, 2.75) is 38.0 Å². The van der Waals surface area contributed by atoms with Crippen LogP contribution in [0.1, 0.15) is 27.2 Å². The van der Waals surface area contributed by atoms with Crippen LogP contribution in [0.25, 0.3) is 0 Å². The summed E-state index contributed by atoms with van der Waals surface area (Å²) in [4.78, 5) is 2.62. The van der Waals surface area contributed by atoms with E-state index in [9.17, 15) is 0 Å². The van der Waals surface area contributed by atoms with E-state index in [1.807, 2.05) is 0 Å². The first-order valence-electron chi connectivity index (χ1n) is 4.52. The van der Waals surface area contributed by atoms with Crippen molar-refractivity contribution in [2.24, 2.45) is 5.41 Å². The third-order valence-corrected chi connectivity index (χ3v) is 7.25. The molecule has 1 rings (SSSR count). The Morgan fingerprint density at radius 2 is 1.82 bits per heavy atom. The highest BCUT2D eigenvalue weighted by Crippen LogP contribution is 2.44. The molecule has 0 aromatic carbocycles. The van der Waals surface area contributed by atoms with Crippen LogP contribution in [0.15, 0.2) is 0 Å². The number of nitrogens with zero attached hydrogens (tertiary/aromatic N) is 1. The quantitative estimate of drug-likeness (QED) is 0.445. The maximum Gasteiger partial charge on any atom is 0.0287 e. The van der Waals surface area contributed by atoms with Gasteiger partial charge in [-0.15, -0.1) is 0 Å². The van der Waals surface area contributed by atoms with Gasteiger partial charge in [-0.25, -0.2) is 0 Å². The Morgan fingerprint density at radius 3 is 1.91 bits per heavy atom. The summed E-state index contributed by atoms with van der Waals surface area (Å²) in [6.07, 6.45) is 1.41. The summed E-state index contributed by atoms with van der Waals surface area (Å²) in [5.74, 6) is 0. The standard InChI is InChI=1S/C8H21NSi2/c1-7(2)5-6(10)9(4)8(7,3)11/h6H,5H2,1-4,10-11H3. The second-order valence-corrected chi connectivity index (χ2v) is 8.39. The van der Waals surface area contributed by atoms with Gasteiger partial charge in [0.25, 0.3) is 0 Å². The maximum atomic E-state index is 2.62. The van der Waals surface area contributed by atoms with Gasteiger partial charge < -0.3 is 4.90 Å². The molecule has 0 spiro atoms. The summed E-state index contributed by atoms with van der Waals surface area (Å²) >= 11 is 0.